The van der Waals surface area contributed by atoms with Gasteiger partial charge in [0.25, 0.3) is 0 Å². The maximum atomic E-state index is 3.59. The molecule has 1 saturated heterocycles. The molecule has 3 atom stereocenters. The average Bonchev–Trinajstić information content (AvgIpc) is 2.48. The molecular formula is C18H37N3. The van der Waals surface area contributed by atoms with E-state index in [-0.39, 0.29) is 0 Å². The minimum Gasteiger partial charge on any atom is -0.315 e. The zero-order chi connectivity index (χ0) is 15.4. The van der Waals surface area contributed by atoms with Crippen molar-refractivity contribution in [1.82, 2.24) is 15.1 Å². The Labute approximate surface area is 132 Å². The first-order valence-corrected chi connectivity index (χ1v) is 9.07. The lowest BCUT2D eigenvalue weighted by molar-refractivity contribution is 0.0807. The largest absolute Gasteiger partial charge is 0.315 e. The van der Waals surface area contributed by atoms with E-state index in [1.165, 1.54) is 51.7 Å². The number of hydrogen-bond acceptors (Lipinski definition) is 3. The molecule has 0 bridgehead atoms. The summed E-state index contributed by atoms with van der Waals surface area (Å²) in [4.78, 5) is 5.16. The van der Waals surface area contributed by atoms with E-state index < -0.39 is 0 Å². The molecule has 2 fully saturated rings. The maximum Gasteiger partial charge on any atom is 0.0249 e. The highest BCUT2D eigenvalue weighted by Gasteiger charge is 2.34. The quantitative estimate of drug-likeness (QED) is 0.841. The lowest BCUT2D eigenvalue weighted by Crippen LogP contribution is -2.53. The van der Waals surface area contributed by atoms with Crippen molar-refractivity contribution in [2.45, 2.75) is 58.0 Å². The molecule has 2 rings (SSSR count). The van der Waals surface area contributed by atoms with Crippen LogP contribution >= 0.6 is 0 Å². The fourth-order valence-electron chi connectivity index (χ4n) is 4.39. The van der Waals surface area contributed by atoms with E-state index in [9.17, 15) is 0 Å². The summed E-state index contributed by atoms with van der Waals surface area (Å²) in [5, 5.41) is 3.59. The second kappa shape index (κ2) is 7.94. The highest BCUT2D eigenvalue weighted by molar-refractivity contribution is 4.91. The molecule has 3 unspecified atom stereocenters. The zero-order valence-electron chi connectivity index (χ0n) is 14.9. The van der Waals surface area contributed by atoms with Gasteiger partial charge in [-0.15, -0.1) is 0 Å². The van der Waals surface area contributed by atoms with Crippen LogP contribution in [0.1, 0.15) is 46.0 Å². The van der Waals surface area contributed by atoms with Crippen LogP contribution in [-0.4, -0.2) is 62.7 Å². The molecule has 0 spiro atoms. The minimum absolute atomic E-state index is 0.691. The maximum absolute atomic E-state index is 3.59. The van der Waals surface area contributed by atoms with Gasteiger partial charge in [-0.3, -0.25) is 0 Å². The fraction of sp³-hybridized carbons (Fsp3) is 1.00. The third kappa shape index (κ3) is 4.67. The van der Waals surface area contributed by atoms with E-state index in [0.717, 1.165) is 23.8 Å². The van der Waals surface area contributed by atoms with Gasteiger partial charge in [-0.1, -0.05) is 13.8 Å². The SMILES string of the molecule is CNC1CCC(C(C)C)CC1N(C)CC1CCN(C)CC1. The Balaban J connectivity index is 1.89. The normalized spacial score (nSPS) is 33.0. The van der Waals surface area contributed by atoms with Gasteiger partial charge in [0.05, 0.1) is 0 Å². The molecule has 124 valence electrons. The molecule has 0 amide bonds. The van der Waals surface area contributed by atoms with Crippen molar-refractivity contribution in [1.29, 1.82) is 0 Å². The van der Waals surface area contributed by atoms with Crippen LogP contribution in [-0.2, 0) is 0 Å². The van der Waals surface area contributed by atoms with E-state index in [1.807, 2.05) is 0 Å². The van der Waals surface area contributed by atoms with Gasteiger partial charge in [-0.25, -0.2) is 0 Å². The Hall–Kier alpha value is -0.120. The van der Waals surface area contributed by atoms with E-state index in [0.29, 0.717) is 6.04 Å². The minimum atomic E-state index is 0.691. The number of hydrogen-bond donors (Lipinski definition) is 1. The molecule has 1 aliphatic carbocycles. The first kappa shape index (κ1) is 17.2. The van der Waals surface area contributed by atoms with Crippen LogP contribution < -0.4 is 5.32 Å². The molecule has 21 heavy (non-hydrogen) atoms. The number of nitrogens with zero attached hydrogens (tertiary/aromatic N) is 2. The standard InChI is InChI=1S/C18H37N3/c1-14(2)16-6-7-17(19-3)18(12-16)21(5)13-15-8-10-20(4)11-9-15/h14-19H,6-13H2,1-5H3. The van der Waals surface area contributed by atoms with Gasteiger partial charge in [-0.05, 0) is 84.1 Å². The van der Waals surface area contributed by atoms with E-state index in [1.54, 1.807) is 0 Å². The number of likely N-dealkylation sites (N-methyl/N-ethyl adjacent to an activating group) is 2. The van der Waals surface area contributed by atoms with Crippen LogP contribution in [0.4, 0.5) is 0 Å². The van der Waals surface area contributed by atoms with E-state index in [2.05, 4.69) is 50.1 Å². The molecule has 1 N–H and O–H groups in total. The molecule has 1 saturated carbocycles. The summed E-state index contributed by atoms with van der Waals surface area (Å²) in [6, 6.07) is 1.42. The average molecular weight is 296 g/mol. The Morgan fingerprint density at radius 3 is 2.38 bits per heavy atom. The fourth-order valence-corrected chi connectivity index (χ4v) is 4.39. The summed E-state index contributed by atoms with van der Waals surface area (Å²) >= 11 is 0. The second-order valence-electron chi connectivity index (χ2n) is 7.97. The molecule has 1 heterocycles. The lowest BCUT2D eigenvalue weighted by Gasteiger charge is -2.44. The second-order valence-corrected chi connectivity index (χ2v) is 7.97. The number of piperidine rings is 1. The van der Waals surface area contributed by atoms with Crippen LogP contribution in [0.5, 0.6) is 0 Å². The van der Waals surface area contributed by atoms with Crippen LogP contribution in [0.2, 0.25) is 0 Å². The number of rotatable bonds is 5. The van der Waals surface area contributed by atoms with E-state index in [4.69, 9.17) is 0 Å². The molecule has 0 radical (unpaired) electrons. The number of likely N-dealkylation sites (tertiary alicyclic amines) is 1. The molecule has 1 aliphatic heterocycles. The predicted molar refractivity (Wildman–Crippen MR) is 91.7 cm³/mol. The molecule has 0 aromatic carbocycles. The van der Waals surface area contributed by atoms with Gasteiger partial charge < -0.3 is 15.1 Å². The van der Waals surface area contributed by atoms with Gasteiger partial charge in [0.1, 0.15) is 0 Å². The van der Waals surface area contributed by atoms with Crippen molar-refractivity contribution in [2.24, 2.45) is 17.8 Å². The van der Waals surface area contributed by atoms with Crippen LogP contribution in [0.3, 0.4) is 0 Å². The topological polar surface area (TPSA) is 18.5 Å². The Morgan fingerprint density at radius 2 is 1.81 bits per heavy atom. The zero-order valence-corrected chi connectivity index (χ0v) is 14.9. The Morgan fingerprint density at radius 1 is 1.14 bits per heavy atom. The van der Waals surface area contributed by atoms with Crippen molar-refractivity contribution >= 4 is 0 Å². The lowest BCUT2D eigenvalue weighted by atomic mass is 9.76. The van der Waals surface area contributed by atoms with Gasteiger partial charge in [0.15, 0.2) is 0 Å². The van der Waals surface area contributed by atoms with Crippen LogP contribution in [0.25, 0.3) is 0 Å². The first-order chi connectivity index (χ1) is 10.0. The summed E-state index contributed by atoms with van der Waals surface area (Å²) in [7, 11) is 6.78. The Kier molecular flexibility index (Phi) is 6.51. The van der Waals surface area contributed by atoms with Gasteiger partial charge in [0, 0.05) is 18.6 Å². The highest BCUT2D eigenvalue weighted by atomic mass is 15.2. The molecule has 0 aromatic rings. The van der Waals surface area contributed by atoms with Crippen molar-refractivity contribution in [3.8, 4) is 0 Å². The smallest absolute Gasteiger partial charge is 0.0249 e. The first-order valence-electron chi connectivity index (χ1n) is 9.07. The molecule has 3 nitrogen and oxygen atoms in total. The summed E-state index contributed by atoms with van der Waals surface area (Å²) in [5.41, 5.74) is 0. The molecule has 2 aliphatic rings. The van der Waals surface area contributed by atoms with Crippen LogP contribution in [0, 0.1) is 17.8 Å². The number of nitrogens with one attached hydrogen (secondary N) is 1. The van der Waals surface area contributed by atoms with Gasteiger partial charge in [-0.2, -0.15) is 0 Å². The van der Waals surface area contributed by atoms with Crippen LogP contribution in [0.15, 0.2) is 0 Å². The van der Waals surface area contributed by atoms with Crippen molar-refractivity contribution < 1.29 is 0 Å². The molecular weight excluding hydrogens is 258 g/mol. The monoisotopic (exact) mass is 295 g/mol. The van der Waals surface area contributed by atoms with Gasteiger partial charge >= 0.3 is 0 Å². The predicted octanol–water partition coefficient (Wildman–Crippen LogP) is 2.67. The summed E-state index contributed by atoms with van der Waals surface area (Å²) in [5.74, 6) is 2.66. The van der Waals surface area contributed by atoms with Crippen molar-refractivity contribution in [2.75, 3.05) is 40.8 Å². The van der Waals surface area contributed by atoms with Crippen molar-refractivity contribution in [3.05, 3.63) is 0 Å². The molecule has 3 heteroatoms. The molecule has 0 aromatic heterocycles. The summed E-state index contributed by atoms with van der Waals surface area (Å²) in [6.07, 6.45) is 6.90. The van der Waals surface area contributed by atoms with Crippen molar-refractivity contribution in [3.63, 3.8) is 0 Å². The van der Waals surface area contributed by atoms with Gasteiger partial charge in [0.2, 0.25) is 0 Å². The third-order valence-electron chi connectivity index (χ3n) is 6.12. The summed E-state index contributed by atoms with van der Waals surface area (Å²) in [6.45, 7) is 8.67. The highest BCUT2D eigenvalue weighted by Crippen LogP contribution is 2.33. The third-order valence-corrected chi connectivity index (χ3v) is 6.12. The Bertz CT molecular complexity index is 297. The van der Waals surface area contributed by atoms with E-state index >= 15 is 0 Å². The summed E-state index contributed by atoms with van der Waals surface area (Å²) < 4.78 is 0.